The summed E-state index contributed by atoms with van der Waals surface area (Å²) in [5.41, 5.74) is 2.01. The summed E-state index contributed by atoms with van der Waals surface area (Å²) in [5.74, 6) is -1.03. The van der Waals surface area contributed by atoms with E-state index in [0.717, 1.165) is 16.3 Å². The Morgan fingerprint density at radius 1 is 0.931 bits per heavy atom. The lowest BCUT2D eigenvalue weighted by Gasteiger charge is -2.11. The lowest BCUT2D eigenvalue weighted by atomic mass is 10.0. The minimum absolute atomic E-state index is 0.111. The number of benzene rings is 2. The summed E-state index contributed by atoms with van der Waals surface area (Å²) in [5, 5.41) is 20.0. The van der Waals surface area contributed by atoms with E-state index in [2.05, 4.69) is 25.7 Å². The molecule has 0 saturated carbocycles. The van der Waals surface area contributed by atoms with Gasteiger partial charge in [-0.1, -0.05) is 24.3 Å². The third kappa shape index (κ3) is 3.77. The summed E-state index contributed by atoms with van der Waals surface area (Å²) in [4.78, 5) is 24.9. The fourth-order valence-electron chi connectivity index (χ4n) is 2.86. The van der Waals surface area contributed by atoms with Crippen LogP contribution in [0.2, 0.25) is 0 Å². The number of carbonyl (C=O) groups excluding carboxylic acids is 2. The Kier molecular flexibility index (Phi) is 4.90. The minimum Gasteiger partial charge on any atom is -0.465 e. The lowest BCUT2D eigenvalue weighted by Crippen LogP contribution is -2.17. The summed E-state index contributed by atoms with van der Waals surface area (Å²) < 4.78 is 4.85. The molecule has 0 fully saturated rings. The number of fused-ring (bicyclic) bond motifs is 1. The summed E-state index contributed by atoms with van der Waals surface area (Å²) in [7, 11) is 1.29. The molecule has 0 unspecified atom stereocenters. The largest absolute Gasteiger partial charge is 0.465 e. The molecule has 0 saturated heterocycles. The molecule has 4 aromatic rings. The molecule has 8 nitrogen and oxygen atoms in total. The zero-order chi connectivity index (χ0) is 20.2. The van der Waals surface area contributed by atoms with Crippen molar-refractivity contribution in [3.05, 3.63) is 78.2 Å². The van der Waals surface area contributed by atoms with Crippen molar-refractivity contribution in [3.8, 4) is 11.3 Å². The Bertz CT molecular complexity index is 1190. The Morgan fingerprint density at radius 3 is 2.38 bits per heavy atom. The van der Waals surface area contributed by atoms with Gasteiger partial charge in [-0.25, -0.2) is 4.79 Å². The van der Waals surface area contributed by atoms with Crippen molar-refractivity contribution in [1.29, 1.82) is 0 Å². The number of carbonyl (C=O) groups is 2. The molecule has 2 heterocycles. The van der Waals surface area contributed by atoms with Crippen molar-refractivity contribution >= 4 is 28.3 Å². The highest BCUT2D eigenvalue weighted by Crippen LogP contribution is 2.25. The van der Waals surface area contributed by atoms with Gasteiger partial charge in [0.2, 0.25) is 0 Å². The van der Waals surface area contributed by atoms with E-state index in [-0.39, 0.29) is 11.3 Å². The summed E-state index contributed by atoms with van der Waals surface area (Å²) in [6.45, 7) is 0. The van der Waals surface area contributed by atoms with Crippen molar-refractivity contribution in [2.75, 3.05) is 12.4 Å². The predicted molar refractivity (Wildman–Crippen MR) is 106 cm³/mol. The van der Waals surface area contributed by atoms with Crippen LogP contribution in [0.4, 0.5) is 5.69 Å². The van der Waals surface area contributed by atoms with Crippen molar-refractivity contribution in [2.45, 2.75) is 0 Å². The molecule has 2 aromatic carbocycles. The van der Waals surface area contributed by atoms with E-state index in [0.29, 0.717) is 11.4 Å². The Labute approximate surface area is 165 Å². The van der Waals surface area contributed by atoms with Gasteiger partial charge < -0.3 is 10.1 Å². The molecule has 0 spiro atoms. The maximum Gasteiger partial charge on any atom is 0.339 e. The van der Waals surface area contributed by atoms with Crippen molar-refractivity contribution < 1.29 is 14.3 Å². The van der Waals surface area contributed by atoms with Crippen LogP contribution < -0.4 is 5.32 Å². The first kappa shape index (κ1) is 18.2. The second-order valence-corrected chi connectivity index (χ2v) is 6.13. The lowest BCUT2D eigenvalue weighted by molar-refractivity contribution is 0.0602. The minimum atomic E-state index is -0.544. The number of anilines is 1. The van der Waals surface area contributed by atoms with E-state index in [1.807, 2.05) is 24.3 Å². The van der Waals surface area contributed by atoms with Crippen LogP contribution in [0.25, 0.3) is 22.0 Å². The van der Waals surface area contributed by atoms with Gasteiger partial charge in [0.1, 0.15) is 0 Å². The number of nitrogens with zero attached hydrogens (tertiary/aromatic N) is 4. The second-order valence-electron chi connectivity index (χ2n) is 6.13. The maximum absolute atomic E-state index is 12.7. The molecule has 0 bridgehead atoms. The molecular formula is C21H15N5O3. The van der Waals surface area contributed by atoms with Gasteiger partial charge in [-0.2, -0.15) is 10.2 Å². The normalized spacial score (nSPS) is 10.5. The highest BCUT2D eigenvalue weighted by molar-refractivity contribution is 6.09. The van der Waals surface area contributed by atoms with Gasteiger partial charge in [0.25, 0.3) is 5.91 Å². The SMILES string of the molecule is COC(=O)c1cc2ccccc2cc1NC(=O)c1ccc(-c2ccnnc2)nn1. The summed E-state index contributed by atoms with van der Waals surface area (Å²) >= 11 is 0. The van der Waals surface area contributed by atoms with E-state index < -0.39 is 11.9 Å². The van der Waals surface area contributed by atoms with Crippen LogP contribution in [-0.2, 0) is 4.74 Å². The van der Waals surface area contributed by atoms with E-state index in [4.69, 9.17) is 4.74 Å². The highest BCUT2D eigenvalue weighted by Gasteiger charge is 2.17. The van der Waals surface area contributed by atoms with Crippen LogP contribution in [0.5, 0.6) is 0 Å². The fraction of sp³-hybridized carbons (Fsp3) is 0.0476. The van der Waals surface area contributed by atoms with E-state index >= 15 is 0 Å². The molecule has 0 radical (unpaired) electrons. The smallest absolute Gasteiger partial charge is 0.339 e. The second kappa shape index (κ2) is 7.81. The van der Waals surface area contributed by atoms with Crippen LogP contribution in [0, 0.1) is 0 Å². The molecular weight excluding hydrogens is 370 g/mol. The van der Waals surface area contributed by atoms with Gasteiger partial charge in [0, 0.05) is 5.56 Å². The van der Waals surface area contributed by atoms with Crippen LogP contribution in [0.3, 0.4) is 0 Å². The zero-order valence-electron chi connectivity index (χ0n) is 15.4. The average Bonchev–Trinajstić information content (AvgIpc) is 2.78. The number of esters is 1. The molecule has 0 aliphatic carbocycles. The number of hydrogen-bond acceptors (Lipinski definition) is 7. The Hall–Kier alpha value is -4.20. The highest BCUT2D eigenvalue weighted by atomic mass is 16.5. The number of amides is 1. The quantitative estimate of drug-likeness (QED) is 0.538. The van der Waals surface area contributed by atoms with Gasteiger partial charge in [-0.3, -0.25) is 4.79 Å². The van der Waals surface area contributed by atoms with Crippen LogP contribution >= 0.6 is 0 Å². The first-order valence-corrected chi connectivity index (χ1v) is 8.69. The van der Waals surface area contributed by atoms with Crippen molar-refractivity contribution in [3.63, 3.8) is 0 Å². The van der Waals surface area contributed by atoms with E-state index in [9.17, 15) is 9.59 Å². The summed E-state index contributed by atoms with van der Waals surface area (Å²) in [6.07, 6.45) is 3.10. The van der Waals surface area contributed by atoms with Crippen LogP contribution in [-0.4, -0.2) is 39.4 Å². The number of nitrogens with one attached hydrogen (secondary N) is 1. The first-order chi connectivity index (χ1) is 14.2. The third-order valence-electron chi connectivity index (χ3n) is 4.32. The van der Waals surface area contributed by atoms with Crippen molar-refractivity contribution in [2.24, 2.45) is 0 Å². The van der Waals surface area contributed by atoms with Gasteiger partial charge >= 0.3 is 5.97 Å². The number of rotatable bonds is 4. The molecule has 142 valence electrons. The topological polar surface area (TPSA) is 107 Å². The molecule has 0 atom stereocenters. The van der Waals surface area contributed by atoms with Crippen LogP contribution in [0.15, 0.2) is 67.0 Å². The average molecular weight is 385 g/mol. The van der Waals surface area contributed by atoms with E-state index in [1.54, 1.807) is 42.7 Å². The predicted octanol–water partition coefficient (Wildman–Crippen LogP) is 3.13. The molecule has 8 heteroatoms. The first-order valence-electron chi connectivity index (χ1n) is 8.69. The van der Waals surface area contributed by atoms with Crippen LogP contribution in [0.1, 0.15) is 20.8 Å². The maximum atomic E-state index is 12.7. The molecule has 0 aliphatic heterocycles. The summed E-state index contributed by atoms with van der Waals surface area (Å²) in [6, 6.07) is 15.9. The molecule has 2 aromatic heterocycles. The van der Waals surface area contributed by atoms with Crippen molar-refractivity contribution in [1.82, 2.24) is 20.4 Å². The molecule has 1 amide bonds. The van der Waals surface area contributed by atoms with Gasteiger partial charge in [-0.15, -0.1) is 10.2 Å². The van der Waals surface area contributed by atoms with Gasteiger partial charge in [0.05, 0.1) is 36.4 Å². The van der Waals surface area contributed by atoms with E-state index in [1.165, 1.54) is 7.11 Å². The van der Waals surface area contributed by atoms with Gasteiger partial charge in [0.15, 0.2) is 5.69 Å². The molecule has 1 N–H and O–H groups in total. The molecule has 0 aliphatic rings. The zero-order valence-corrected chi connectivity index (χ0v) is 15.4. The fourth-order valence-corrected chi connectivity index (χ4v) is 2.86. The Balaban J connectivity index is 1.64. The number of hydrogen-bond donors (Lipinski definition) is 1. The number of aromatic nitrogens is 4. The molecule has 29 heavy (non-hydrogen) atoms. The molecule has 4 rings (SSSR count). The number of ether oxygens (including phenoxy) is 1. The van der Waals surface area contributed by atoms with Gasteiger partial charge in [-0.05, 0) is 41.1 Å². The monoisotopic (exact) mass is 385 g/mol. The number of methoxy groups -OCH3 is 1. The standard InChI is InChI=1S/C21H15N5O3/c1-29-21(28)16-10-13-4-2-3-5-14(13)11-19(16)24-20(27)18-7-6-17(25-26-18)15-8-9-22-23-12-15/h2-12H,1H3,(H,24,27). The Morgan fingerprint density at radius 2 is 1.72 bits per heavy atom. The third-order valence-corrected chi connectivity index (χ3v) is 4.32.